The first-order valence-corrected chi connectivity index (χ1v) is 3.70. The van der Waals surface area contributed by atoms with Crippen molar-refractivity contribution in [1.82, 2.24) is 0 Å². The normalized spacial score (nSPS) is 21.0. The van der Waals surface area contributed by atoms with Crippen LogP contribution in [0.4, 0.5) is 0 Å². The minimum absolute atomic E-state index is 0.194. The van der Waals surface area contributed by atoms with Crippen LogP contribution >= 0.6 is 11.6 Å². The molecule has 2 heteroatoms. The SMILES string of the molecule is CO[C@@H](C)[C@H](C)[C@@H](C)Cl. The van der Waals surface area contributed by atoms with Crippen LogP contribution in [0.5, 0.6) is 0 Å². The summed E-state index contributed by atoms with van der Waals surface area (Å²) in [5.41, 5.74) is 0. The Labute approximate surface area is 62.3 Å². The lowest BCUT2D eigenvalue weighted by molar-refractivity contribution is 0.0737. The quantitative estimate of drug-likeness (QED) is 0.561. The molecule has 3 atom stereocenters. The van der Waals surface area contributed by atoms with E-state index in [9.17, 15) is 0 Å². The first kappa shape index (κ1) is 9.25. The summed E-state index contributed by atoms with van der Waals surface area (Å²) in [5.74, 6) is 0.427. The molecule has 0 aromatic heterocycles. The lowest BCUT2D eigenvalue weighted by Gasteiger charge is -2.19. The average Bonchev–Trinajstić information content (AvgIpc) is 1.84. The van der Waals surface area contributed by atoms with E-state index < -0.39 is 0 Å². The molecule has 0 amide bonds. The number of hydrogen-bond donors (Lipinski definition) is 0. The molecule has 0 aliphatic heterocycles. The van der Waals surface area contributed by atoms with Crippen molar-refractivity contribution in [2.24, 2.45) is 5.92 Å². The standard InChI is InChI=1S/C7H15ClO/c1-5(6(2)8)7(3)9-4/h5-7H,1-4H3/t5-,6-,7+/m1/s1. The van der Waals surface area contributed by atoms with Crippen LogP contribution in [0.3, 0.4) is 0 Å². The Bertz CT molecular complexity index is 73.3. The van der Waals surface area contributed by atoms with Gasteiger partial charge in [0.15, 0.2) is 0 Å². The lowest BCUT2D eigenvalue weighted by Crippen LogP contribution is -2.22. The summed E-state index contributed by atoms with van der Waals surface area (Å²) in [7, 11) is 1.71. The summed E-state index contributed by atoms with van der Waals surface area (Å²) < 4.78 is 5.09. The summed E-state index contributed by atoms with van der Waals surface area (Å²) >= 11 is 5.82. The van der Waals surface area contributed by atoms with Crippen LogP contribution in [-0.4, -0.2) is 18.6 Å². The van der Waals surface area contributed by atoms with Crippen molar-refractivity contribution in [3.63, 3.8) is 0 Å². The van der Waals surface area contributed by atoms with Crippen LogP contribution in [0.2, 0.25) is 0 Å². The third-order valence-corrected chi connectivity index (χ3v) is 2.23. The lowest BCUT2D eigenvalue weighted by atomic mass is 10.0. The van der Waals surface area contributed by atoms with E-state index in [4.69, 9.17) is 16.3 Å². The van der Waals surface area contributed by atoms with Gasteiger partial charge >= 0.3 is 0 Å². The van der Waals surface area contributed by atoms with Gasteiger partial charge in [-0.15, -0.1) is 11.6 Å². The van der Waals surface area contributed by atoms with Crippen LogP contribution in [0, 0.1) is 5.92 Å². The highest BCUT2D eigenvalue weighted by atomic mass is 35.5. The smallest absolute Gasteiger partial charge is 0.0582 e. The number of alkyl halides is 1. The highest BCUT2D eigenvalue weighted by Gasteiger charge is 2.15. The maximum absolute atomic E-state index is 5.82. The van der Waals surface area contributed by atoms with Gasteiger partial charge in [-0.1, -0.05) is 6.92 Å². The molecule has 56 valence electrons. The van der Waals surface area contributed by atoms with Gasteiger partial charge in [0.05, 0.1) is 6.10 Å². The predicted octanol–water partition coefficient (Wildman–Crippen LogP) is 2.28. The average molecular weight is 151 g/mol. The van der Waals surface area contributed by atoms with Gasteiger partial charge in [-0.3, -0.25) is 0 Å². The Balaban J connectivity index is 3.58. The van der Waals surface area contributed by atoms with Crippen LogP contribution in [-0.2, 0) is 4.74 Å². The van der Waals surface area contributed by atoms with Gasteiger partial charge in [0, 0.05) is 12.5 Å². The molecule has 0 aromatic rings. The van der Waals surface area contributed by atoms with Crippen molar-refractivity contribution in [3.05, 3.63) is 0 Å². The summed E-state index contributed by atoms with van der Waals surface area (Å²) in [5, 5.41) is 0.194. The molecule has 0 aliphatic carbocycles. The van der Waals surface area contributed by atoms with Gasteiger partial charge in [0.2, 0.25) is 0 Å². The minimum atomic E-state index is 0.194. The molecule has 0 saturated carbocycles. The molecule has 0 aromatic carbocycles. The van der Waals surface area contributed by atoms with E-state index in [0.717, 1.165) is 0 Å². The maximum Gasteiger partial charge on any atom is 0.0582 e. The molecule has 0 radical (unpaired) electrons. The van der Waals surface area contributed by atoms with E-state index in [1.165, 1.54) is 0 Å². The first-order valence-electron chi connectivity index (χ1n) is 3.26. The minimum Gasteiger partial charge on any atom is -0.381 e. The van der Waals surface area contributed by atoms with E-state index >= 15 is 0 Å². The van der Waals surface area contributed by atoms with Crippen molar-refractivity contribution in [3.8, 4) is 0 Å². The molecule has 1 nitrogen and oxygen atoms in total. The molecule has 0 heterocycles. The Morgan fingerprint density at radius 2 is 1.67 bits per heavy atom. The summed E-state index contributed by atoms with van der Waals surface area (Å²) in [6, 6.07) is 0. The largest absolute Gasteiger partial charge is 0.381 e. The second-order valence-corrected chi connectivity index (χ2v) is 3.17. The predicted molar refractivity (Wildman–Crippen MR) is 41.0 cm³/mol. The van der Waals surface area contributed by atoms with Crippen molar-refractivity contribution < 1.29 is 4.74 Å². The third kappa shape index (κ3) is 3.07. The fourth-order valence-electron chi connectivity index (χ4n) is 0.588. The van der Waals surface area contributed by atoms with Gasteiger partial charge in [0.25, 0.3) is 0 Å². The Morgan fingerprint density at radius 1 is 1.22 bits per heavy atom. The highest BCUT2D eigenvalue weighted by molar-refractivity contribution is 6.20. The molecular formula is C7H15ClO. The molecule has 0 N–H and O–H groups in total. The molecule has 0 fully saturated rings. The van der Waals surface area contributed by atoms with Crippen LogP contribution in [0.15, 0.2) is 0 Å². The zero-order chi connectivity index (χ0) is 7.44. The van der Waals surface area contributed by atoms with Crippen molar-refractivity contribution in [2.75, 3.05) is 7.11 Å². The van der Waals surface area contributed by atoms with Gasteiger partial charge in [-0.25, -0.2) is 0 Å². The van der Waals surface area contributed by atoms with E-state index in [-0.39, 0.29) is 11.5 Å². The molecule has 0 aliphatic rings. The zero-order valence-corrected chi connectivity index (χ0v) is 7.27. The van der Waals surface area contributed by atoms with Crippen molar-refractivity contribution >= 4 is 11.6 Å². The van der Waals surface area contributed by atoms with E-state index in [1.54, 1.807) is 7.11 Å². The molecule has 9 heavy (non-hydrogen) atoms. The van der Waals surface area contributed by atoms with Crippen LogP contribution in [0.25, 0.3) is 0 Å². The van der Waals surface area contributed by atoms with Crippen molar-refractivity contribution in [1.29, 1.82) is 0 Å². The summed E-state index contributed by atoms with van der Waals surface area (Å²) in [4.78, 5) is 0. The van der Waals surface area contributed by atoms with E-state index in [1.807, 2.05) is 13.8 Å². The summed E-state index contributed by atoms with van der Waals surface area (Å²) in [6.45, 7) is 6.11. The van der Waals surface area contributed by atoms with Crippen molar-refractivity contribution in [2.45, 2.75) is 32.3 Å². The Kier molecular flexibility index (Phi) is 4.24. The maximum atomic E-state index is 5.82. The zero-order valence-electron chi connectivity index (χ0n) is 6.52. The Morgan fingerprint density at radius 3 is 1.78 bits per heavy atom. The number of hydrogen-bond acceptors (Lipinski definition) is 1. The highest BCUT2D eigenvalue weighted by Crippen LogP contribution is 2.15. The molecule has 0 bridgehead atoms. The Hall–Kier alpha value is 0.250. The first-order chi connectivity index (χ1) is 4.09. The second-order valence-electron chi connectivity index (χ2n) is 2.48. The number of methoxy groups -OCH3 is 1. The number of rotatable bonds is 3. The van der Waals surface area contributed by atoms with Gasteiger partial charge < -0.3 is 4.74 Å². The molecule has 0 saturated heterocycles. The fourth-order valence-corrected chi connectivity index (χ4v) is 0.793. The van der Waals surface area contributed by atoms with Gasteiger partial charge in [0.1, 0.15) is 0 Å². The monoisotopic (exact) mass is 150 g/mol. The number of ether oxygens (including phenoxy) is 1. The number of halogens is 1. The molecule has 0 rings (SSSR count). The fraction of sp³-hybridized carbons (Fsp3) is 1.00. The topological polar surface area (TPSA) is 9.23 Å². The molecular weight excluding hydrogens is 136 g/mol. The molecule has 0 unspecified atom stereocenters. The van der Waals surface area contributed by atoms with Gasteiger partial charge in [-0.05, 0) is 19.8 Å². The van der Waals surface area contributed by atoms with Crippen LogP contribution in [0.1, 0.15) is 20.8 Å². The van der Waals surface area contributed by atoms with Gasteiger partial charge in [-0.2, -0.15) is 0 Å². The molecule has 0 spiro atoms. The van der Waals surface area contributed by atoms with E-state index in [2.05, 4.69) is 6.92 Å². The third-order valence-electron chi connectivity index (χ3n) is 1.84. The van der Waals surface area contributed by atoms with E-state index in [0.29, 0.717) is 5.92 Å². The summed E-state index contributed by atoms with van der Waals surface area (Å²) in [6.07, 6.45) is 0.262. The second kappa shape index (κ2) is 4.13. The van der Waals surface area contributed by atoms with Crippen LogP contribution < -0.4 is 0 Å².